The molecule has 2 aromatic rings. The van der Waals surface area contributed by atoms with E-state index in [4.69, 9.17) is 4.74 Å². The molecule has 2 rings (SSSR count). The summed E-state index contributed by atoms with van der Waals surface area (Å²) in [5.41, 5.74) is 0.809. The number of aromatic nitrogens is 3. The summed E-state index contributed by atoms with van der Waals surface area (Å²) in [7, 11) is 1.90. The number of hydrogen-bond acceptors (Lipinski definition) is 4. The first-order chi connectivity index (χ1) is 9.13. The maximum Gasteiger partial charge on any atom is 0.170 e. The van der Waals surface area contributed by atoms with Crippen molar-refractivity contribution in [3.63, 3.8) is 0 Å². The molecule has 0 bridgehead atoms. The highest BCUT2D eigenvalue weighted by atomic mass is 16.5. The molecule has 0 saturated carbocycles. The number of benzene rings is 1. The predicted molar refractivity (Wildman–Crippen MR) is 71.8 cm³/mol. The topological polar surface area (TPSA) is 60.2 Å². The highest BCUT2D eigenvalue weighted by Crippen LogP contribution is 2.27. The highest BCUT2D eigenvalue weighted by molar-refractivity contribution is 5.35. The molecule has 5 heteroatoms. The van der Waals surface area contributed by atoms with Gasteiger partial charge in [0.25, 0.3) is 0 Å². The molecule has 0 amide bonds. The van der Waals surface area contributed by atoms with E-state index in [-0.39, 0.29) is 0 Å². The Morgan fingerprint density at radius 3 is 2.68 bits per heavy atom. The summed E-state index contributed by atoms with van der Waals surface area (Å²) in [6, 6.07) is 7.53. The Kier molecular flexibility index (Phi) is 4.16. The third-order valence-corrected chi connectivity index (χ3v) is 3.20. The van der Waals surface area contributed by atoms with Gasteiger partial charge in [-0.15, -0.1) is 10.2 Å². The van der Waals surface area contributed by atoms with Crippen LogP contribution in [0, 0.1) is 6.92 Å². The summed E-state index contributed by atoms with van der Waals surface area (Å²) < 4.78 is 7.64. The molecule has 1 aromatic heterocycles. The Morgan fingerprint density at radius 1 is 1.32 bits per heavy atom. The largest absolute Gasteiger partial charge is 0.485 e. The highest BCUT2D eigenvalue weighted by Gasteiger charge is 2.12. The van der Waals surface area contributed by atoms with Crippen LogP contribution >= 0.6 is 0 Å². The molecule has 0 aliphatic heterocycles. The molecule has 1 heterocycles. The van der Waals surface area contributed by atoms with Crippen LogP contribution in [0.25, 0.3) is 0 Å². The molecule has 1 N–H and O–H groups in total. The molecule has 0 spiro atoms. The molecule has 19 heavy (non-hydrogen) atoms. The monoisotopic (exact) mass is 261 g/mol. The second kappa shape index (κ2) is 5.84. The fourth-order valence-electron chi connectivity index (χ4n) is 1.83. The van der Waals surface area contributed by atoms with E-state index >= 15 is 0 Å². The van der Waals surface area contributed by atoms with Crippen molar-refractivity contribution in [2.45, 2.75) is 33.0 Å². The van der Waals surface area contributed by atoms with Crippen molar-refractivity contribution in [1.82, 2.24) is 14.8 Å². The van der Waals surface area contributed by atoms with Crippen molar-refractivity contribution < 1.29 is 9.84 Å². The first-order valence-corrected chi connectivity index (χ1v) is 6.38. The van der Waals surface area contributed by atoms with Gasteiger partial charge >= 0.3 is 0 Å². The number of aliphatic hydroxyl groups is 1. The third-order valence-electron chi connectivity index (χ3n) is 3.20. The summed E-state index contributed by atoms with van der Waals surface area (Å²) in [4.78, 5) is 0. The summed E-state index contributed by atoms with van der Waals surface area (Å²) in [5.74, 6) is 2.30. The lowest BCUT2D eigenvalue weighted by Crippen LogP contribution is -2.06. The van der Waals surface area contributed by atoms with Crippen LogP contribution in [-0.2, 0) is 13.7 Å². The van der Waals surface area contributed by atoms with Gasteiger partial charge in [-0.05, 0) is 19.4 Å². The fourth-order valence-corrected chi connectivity index (χ4v) is 1.83. The number of ether oxygens (including phenoxy) is 1. The van der Waals surface area contributed by atoms with Gasteiger partial charge in [0, 0.05) is 12.6 Å². The first kappa shape index (κ1) is 13.5. The Labute approximate surface area is 112 Å². The SMILES string of the molecule is CC[C@@H](O)c1ccccc1OCc1nnc(C)n1C. The van der Waals surface area contributed by atoms with Gasteiger partial charge in [0.05, 0.1) is 6.10 Å². The van der Waals surface area contributed by atoms with Crippen LogP contribution in [0.2, 0.25) is 0 Å². The zero-order chi connectivity index (χ0) is 13.8. The van der Waals surface area contributed by atoms with Crippen LogP contribution in [0.5, 0.6) is 5.75 Å². The van der Waals surface area contributed by atoms with Crippen molar-refractivity contribution >= 4 is 0 Å². The van der Waals surface area contributed by atoms with E-state index in [9.17, 15) is 5.11 Å². The standard InChI is InChI=1S/C14H19N3O2/c1-4-12(18)11-7-5-6-8-13(11)19-9-14-16-15-10(2)17(14)3/h5-8,12,18H,4,9H2,1-3H3/t12-/m1/s1. The minimum Gasteiger partial charge on any atom is -0.485 e. The van der Waals surface area contributed by atoms with Crippen molar-refractivity contribution in [2.75, 3.05) is 0 Å². The van der Waals surface area contributed by atoms with Gasteiger partial charge in [-0.2, -0.15) is 0 Å². The van der Waals surface area contributed by atoms with Gasteiger partial charge < -0.3 is 14.4 Å². The van der Waals surface area contributed by atoms with E-state index in [1.54, 1.807) is 0 Å². The fraction of sp³-hybridized carbons (Fsp3) is 0.429. The van der Waals surface area contributed by atoms with E-state index in [0.29, 0.717) is 18.8 Å². The summed E-state index contributed by atoms with van der Waals surface area (Å²) >= 11 is 0. The van der Waals surface area contributed by atoms with Gasteiger partial charge in [-0.1, -0.05) is 25.1 Å². The van der Waals surface area contributed by atoms with Gasteiger partial charge in [0.15, 0.2) is 5.82 Å². The maximum absolute atomic E-state index is 9.95. The maximum atomic E-state index is 9.95. The van der Waals surface area contributed by atoms with E-state index in [2.05, 4.69) is 10.2 Å². The number of rotatable bonds is 5. The molecule has 0 aliphatic rings. The molecule has 1 aromatic carbocycles. The van der Waals surface area contributed by atoms with E-state index in [0.717, 1.165) is 17.2 Å². The molecule has 0 fully saturated rings. The number of nitrogens with zero attached hydrogens (tertiary/aromatic N) is 3. The van der Waals surface area contributed by atoms with Crippen LogP contribution in [0.4, 0.5) is 0 Å². The normalized spacial score (nSPS) is 12.4. The van der Waals surface area contributed by atoms with Crippen LogP contribution < -0.4 is 4.74 Å². The number of hydrogen-bond donors (Lipinski definition) is 1. The Balaban J connectivity index is 2.13. The molecule has 0 aliphatic carbocycles. The first-order valence-electron chi connectivity index (χ1n) is 6.38. The van der Waals surface area contributed by atoms with Crippen LogP contribution in [-0.4, -0.2) is 19.9 Å². The lowest BCUT2D eigenvalue weighted by atomic mass is 10.1. The van der Waals surface area contributed by atoms with E-state index < -0.39 is 6.10 Å². The second-order valence-electron chi connectivity index (χ2n) is 4.47. The van der Waals surface area contributed by atoms with Crippen LogP contribution in [0.1, 0.15) is 36.7 Å². The predicted octanol–water partition coefficient (Wildman–Crippen LogP) is 2.15. The summed E-state index contributed by atoms with van der Waals surface area (Å²) in [6.45, 7) is 4.17. The second-order valence-corrected chi connectivity index (χ2v) is 4.47. The average Bonchev–Trinajstić information content (AvgIpc) is 2.76. The summed E-state index contributed by atoms with van der Waals surface area (Å²) in [6.07, 6.45) is 0.154. The molecule has 5 nitrogen and oxygen atoms in total. The molecule has 0 radical (unpaired) electrons. The molecule has 1 atom stereocenters. The Bertz CT molecular complexity index is 551. The lowest BCUT2D eigenvalue weighted by Gasteiger charge is -2.14. The third kappa shape index (κ3) is 2.93. The number of aliphatic hydroxyl groups excluding tert-OH is 1. The minimum atomic E-state index is -0.502. The van der Waals surface area contributed by atoms with Crippen molar-refractivity contribution in [1.29, 1.82) is 0 Å². The van der Waals surface area contributed by atoms with E-state index in [1.165, 1.54) is 0 Å². The minimum absolute atomic E-state index is 0.338. The number of aryl methyl sites for hydroxylation is 1. The smallest absolute Gasteiger partial charge is 0.170 e. The molecular formula is C14H19N3O2. The Morgan fingerprint density at radius 2 is 2.05 bits per heavy atom. The summed E-state index contributed by atoms with van der Waals surface area (Å²) in [5, 5.41) is 18.0. The Hall–Kier alpha value is -1.88. The van der Waals surface area contributed by atoms with Crippen molar-refractivity contribution in [3.8, 4) is 5.75 Å². The van der Waals surface area contributed by atoms with Crippen LogP contribution in [0.15, 0.2) is 24.3 Å². The number of para-hydroxylation sites is 1. The molecule has 102 valence electrons. The van der Waals surface area contributed by atoms with Gasteiger partial charge in [0.1, 0.15) is 18.2 Å². The van der Waals surface area contributed by atoms with Crippen molar-refractivity contribution in [3.05, 3.63) is 41.5 Å². The zero-order valence-electron chi connectivity index (χ0n) is 11.5. The lowest BCUT2D eigenvalue weighted by molar-refractivity contribution is 0.165. The molecular weight excluding hydrogens is 242 g/mol. The van der Waals surface area contributed by atoms with Gasteiger partial charge in [-0.3, -0.25) is 0 Å². The zero-order valence-corrected chi connectivity index (χ0v) is 11.5. The quantitative estimate of drug-likeness (QED) is 0.896. The van der Waals surface area contributed by atoms with Gasteiger partial charge in [-0.25, -0.2) is 0 Å². The van der Waals surface area contributed by atoms with E-state index in [1.807, 2.05) is 49.7 Å². The molecule has 0 unspecified atom stereocenters. The van der Waals surface area contributed by atoms with Crippen LogP contribution in [0.3, 0.4) is 0 Å². The van der Waals surface area contributed by atoms with Crippen molar-refractivity contribution in [2.24, 2.45) is 7.05 Å². The average molecular weight is 261 g/mol. The van der Waals surface area contributed by atoms with Gasteiger partial charge in [0.2, 0.25) is 0 Å². The molecule has 0 saturated heterocycles.